The lowest BCUT2D eigenvalue weighted by molar-refractivity contribution is -0.147. The summed E-state index contributed by atoms with van der Waals surface area (Å²) in [6, 6.07) is 14.8. The van der Waals surface area contributed by atoms with E-state index < -0.39 is 12.0 Å². The molecule has 0 aliphatic carbocycles. The summed E-state index contributed by atoms with van der Waals surface area (Å²) in [4.78, 5) is 39.0. The highest BCUT2D eigenvalue weighted by Crippen LogP contribution is 2.47. The Kier molecular flexibility index (Phi) is 7.13. The van der Waals surface area contributed by atoms with Gasteiger partial charge in [-0.1, -0.05) is 42.4 Å². The minimum absolute atomic E-state index is 0.229. The van der Waals surface area contributed by atoms with E-state index in [-0.39, 0.29) is 18.9 Å². The Labute approximate surface area is 173 Å². The quantitative estimate of drug-likeness (QED) is 0.509. The molecule has 7 nitrogen and oxygen atoms in total. The largest absolute Gasteiger partial charge is 0.456 e. The number of para-hydroxylation sites is 2. The predicted octanol–water partition coefficient (Wildman–Crippen LogP) is 3.59. The first-order chi connectivity index (χ1) is 14.1. The number of nitrogens with two attached hydrogens (primary N) is 1. The standard InChI is InChI=1S/C21H23N3O4S/c22-21(27)23-13-7-1-2-12-20(26)28-14-19(25)24-15-8-3-5-10-17(15)29-18-11-6-4-9-16(18)24/h3-6,8-11H,1-2,7,12-14H2,(H3,22,23,27). The number of rotatable bonds is 8. The SMILES string of the molecule is NC(=O)NCCCCCC(=O)OCC(=O)N1c2ccccc2Sc2ccccc21. The number of urea groups is 1. The fourth-order valence-corrected chi connectivity index (χ4v) is 4.09. The molecule has 3 rings (SSSR count). The number of anilines is 2. The fourth-order valence-electron chi connectivity index (χ4n) is 3.03. The molecule has 0 bridgehead atoms. The average Bonchev–Trinajstić information content (AvgIpc) is 2.72. The predicted molar refractivity (Wildman–Crippen MR) is 111 cm³/mol. The normalized spacial score (nSPS) is 11.9. The third-order valence-corrected chi connectivity index (χ3v) is 5.53. The second kappa shape index (κ2) is 9.97. The molecule has 0 fully saturated rings. The molecular weight excluding hydrogens is 390 g/mol. The van der Waals surface area contributed by atoms with Gasteiger partial charge in [0.1, 0.15) is 0 Å². The molecule has 1 aliphatic rings. The second-order valence-corrected chi connectivity index (χ2v) is 7.61. The third-order valence-electron chi connectivity index (χ3n) is 4.40. The lowest BCUT2D eigenvalue weighted by Crippen LogP contribution is -2.32. The van der Waals surface area contributed by atoms with Gasteiger partial charge in [0.05, 0.1) is 11.4 Å². The van der Waals surface area contributed by atoms with Gasteiger partial charge in [-0.05, 0) is 37.1 Å². The minimum atomic E-state index is -0.554. The molecule has 0 spiro atoms. The molecule has 29 heavy (non-hydrogen) atoms. The smallest absolute Gasteiger partial charge is 0.312 e. The molecule has 1 aliphatic heterocycles. The zero-order valence-electron chi connectivity index (χ0n) is 15.9. The van der Waals surface area contributed by atoms with E-state index in [1.165, 1.54) is 0 Å². The topological polar surface area (TPSA) is 102 Å². The van der Waals surface area contributed by atoms with Crippen molar-refractivity contribution in [2.24, 2.45) is 5.73 Å². The van der Waals surface area contributed by atoms with Crippen molar-refractivity contribution in [1.29, 1.82) is 0 Å². The highest BCUT2D eigenvalue weighted by Gasteiger charge is 2.28. The highest BCUT2D eigenvalue weighted by molar-refractivity contribution is 7.99. The van der Waals surface area contributed by atoms with E-state index in [4.69, 9.17) is 10.5 Å². The summed E-state index contributed by atoms with van der Waals surface area (Å²) in [7, 11) is 0. The first-order valence-electron chi connectivity index (χ1n) is 9.44. The number of amides is 3. The van der Waals surface area contributed by atoms with Crippen molar-refractivity contribution >= 4 is 41.0 Å². The second-order valence-electron chi connectivity index (χ2n) is 6.53. The zero-order chi connectivity index (χ0) is 20.6. The van der Waals surface area contributed by atoms with Crippen molar-refractivity contribution in [3.8, 4) is 0 Å². The van der Waals surface area contributed by atoms with Crippen molar-refractivity contribution < 1.29 is 19.1 Å². The maximum absolute atomic E-state index is 12.9. The number of carbonyl (C=O) groups excluding carboxylic acids is 3. The van der Waals surface area contributed by atoms with Gasteiger partial charge in [0, 0.05) is 22.8 Å². The first kappa shape index (κ1) is 20.7. The Bertz CT molecular complexity index is 857. The van der Waals surface area contributed by atoms with Crippen LogP contribution >= 0.6 is 11.8 Å². The van der Waals surface area contributed by atoms with E-state index in [2.05, 4.69) is 5.32 Å². The molecule has 0 saturated heterocycles. The van der Waals surface area contributed by atoms with Crippen LogP contribution in [0.4, 0.5) is 16.2 Å². The van der Waals surface area contributed by atoms with Gasteiger partial charge < -0.3 is 15.8 Å². The first-order valence-corrected chi connectivity index (χ1v) is 10.3. The summed E-state index contributed by atoms with van der Waals surface area (Å²) >= 11 is 1.61. The number of esters is 1. The minimum Gasteiger partial charge on any atom is -0.456 e. The summed E-state index contributed by atoms with van der Waals surface area (Å²) < 4.78 is 5.21. The van der Waals surface area contributed by atoms with Crippen LogP contribution in [-0.4, -0.2) is 31.1 Å². The van der Waals surface area contributed by atoms with Crippen LogP contribution in [0.1, 0.15) is 25.7 Å². The molecule has 0 atom stereocenters. The molecule has 0 unspecified atom stereocenters. The van der Waals surface area contributed by atoms with E-state index in [0.717, 1.165) is 34.0 Å². The molecule has 3 amide bonds. The molecule has 2 aromatic carbocycles. The maximum atomic E-state index is 12.9. The number of fused-ring (bicyclic) bond motifs is 2. The Balaban J connectivity index is 1.53. The molecule has 3 N–H and O–H groups in total. The van der Waals surface area contributed by atoms with Crippen LogP contribution < -0.4 is 16.0 Å². The molecule has 8 heteroatoms. The van der Waals surface area contributed by atoms with Gasteiger partial charge in [-0.25, -0.2) is 4.79 Å². The summed E-state index contributed by atoms with van der Waals surface area (Å²) in [5.74, 6) is -0.696. The van der Waals surface area contributed by atoms with Crippen molar-refractivity contribution in [2.75, 3.05) is 18.1 Å². The molecular formula is C21H23N3O4S. The van der Waals surface area contributed by atoms with Gasteiger partial charge in [-0.15, -0.1) is 0 Å². The lowest BCUT2D eigenvalue weighted by atomic mass is 10.2. The zero-order valence-corrected chi connectivity index (χ0v) is 16.7. The van der Waals surface area contributed by atoms with Gasteiger partial charge in [-0.3, -0.25) is 14.5 Å². The lowest BCUT2D eigenvalue weighted by Gasteiger charge is -2.30. The molecule has 152 valence electrons. The van der Waals surface area contributed by atoms with Crippen molar-refractivity contribution in [1.82, 2.24) is 5.32 Å². The number of benzene rings is 2. The number of hydrogen-bond donors (Lipinski definition) is 2. The van der Waals surface area contributed by atoms with Crippen LogP contribution in [0.15, 0.2) is 58.3 Å². The van der Waals surface area contributed by atoms with Gasteiger partial charge >= 0.3 is 12.0 Å². The van der Waals surface area contributed by atoms with Crippen molar-refractivity contribution in [3.63, 3.8) is 0 Å². The van der Waals surface area contributed by atoms with E-state index in [1.54, 1.807) is 16.7 Å². The van der Waals surface area contributed by atoms with Gasteiger partial charge in [0.2, 0.25) is 0 Å². The number of nitrogens with zero attached hydrogens (tertiary/aromatic N) is 1. The maximum Gasteiger partial charge on any atom is 0.312 e. The Morgan fingerprint density at radius 3 is 2.17 bits per heavy atom. The molecule has 1 heterocycles. The summed E-state index contributed by atoms with van der Waals surface area (Å²) in [5, 5.41) is 2.50. The van der Waals surface area contributed by atoms with E-state index in [9.17, 15) is 14.4 Å². The Morgan fingerprint density at radius 1 is 0.931 bits per heavy atom. The Morgan fingerprint density at radius 2 is 1.55 bits per heavy atom. The number of ether oxygens (including phenoxy) is 1. The van der Waals surface area contributed by atoms with Crippen LogP contribution in [0.25, 0.3) is 0 Å². The average molecular weight is 413 g/mol. The van der Waals surface area contributed by atoms with Crippen molar-refractivity contribution in [2.45, 2.75) is 35.5 Å². The number of carbonyl (C=O) groups is 3. The van der Waals surface area contributed by atoms with Crippen LogP contribution in [0.2, 0.25) is 0 Å². The van der Waals surface area contributed by atoms with E-state index >= 15 is 0 Å². The number of unbranched alkanes of at least 4 members (excludes halogenated alkanes) is 2. The number of primary amides is 1. The van der Waals surface area contributed by atoms with Gasteiger partial charge in [0.15, 0.2) is 6.61 Å². The molecule has 0 saturated carbocycles. The monoisotopic (exact) mass is 413 g/mol. The highest BCUT2D eigenvalue weighted by atomic mass is 32.2. The summed E-state index contributed by atoms with van der Waals surface area (Å²) in [6.07, 6.45) is 2.34. The Hall–Kier alpha value is -3.00. The van der Waals surface area contributed by atoms with Crippen LogP contribution in [0.5, 0.6) is 0 Å². The fraction of sp³-hybridized carbons (Fsp3) is 0.286. The molecule has 0 aromatic heterocycles. The molecule has 0 radical (unpaired) electrons. The van der Waals surface area contributed by atoms with E-state index in [0.29, 0.717) is 13.0 Å². The van der Waals surface area contributed by atoms with Crippen LogP contribution in [0.3, 0.4) is 0 Å². The van der Waals surface area contributed by atoms with Crippen LogP contribution in [-0.2, 0) is 14.3 Å². The summed E-state index contributed by atoms with van der Waals surface area (Å²) in [5.41, 5.74) is 6.56. The van der Waals surface area contributed by atoms with Gasteiger partial charge in [-0.2, -0.15) is 0 Å². The third kappa shape index (κ3) is 5.51. The number of hydrogen-bond acceptors (Lipinski definition) is 5. The number of nitrogens with one attached hydrogen (secondary N) is 1. The summed E-state index contributed by atoms with van der Waals surface area (Å²) in [6.45, 7) is 0.171. The van der Waals surface area contributed by atoms with E-state index in [1.807, 2.05) is 48.5 Å². The van der Waals surface area contributed by atoms with Crippen LogP contribution in [0, 0.1) is 0 Å². The van der Waals surface area contributed by atoms with Gasteiger partial charge in [0.25, 0.3) is 5.91 Å². The van der Waals surface area contributed by atoms with Crippen molar-refractivity contribution in [3.05, 3.63) is 48.5 Å². The molecule has 2 aromatic rings.